The minimum Gasteiger partial charge on any atom is -0.507 e. The second-order valence-corrected chi connectivity index (χ2v) is 8.80. The van der Waals surface area contributed by atoms with Crippen LogP contribution in [0.25, 0.3) is 0 Å². The first-order valence-electron chi connectivity index (χ1n) is 10.3. The van der Waals surface area contributed by atoms with Crippen LogP contribution < -0.4 is 10.1 Å². The number of fused-ring (bicyclic) bond motifs is 3. The van der Waals surface area contributed by atoms with Gasteiger partial charge in [0.25, 0.3) is 0 Å². The van der Waals surface area contributed by atoms with E-state index in [1.54, 1.807) is 19.1 Å². The highest BCUT2D eigenvalue weighted by Crippen LogP contribution is 2.57. The number of ether oxygens (including phenoxy) is 1. The number of phenols is 2. The Morgan fingerprint density at radius 2 is 1.76 bits per heavy atom. The molecule has 1 atom stereocenters. The standard InChI is InChI=1S/C25H22ClNO6/c1-11-21(30)19(13(3)28)23-20(22(11)31)25(4)17(33-23)9-16(29)18(24(25)32)12(2)27-10-14-5-7-15(26)8-6-14/h5-9,27,30-31H,10H2,1-4H3/b18-12+/t25-/m0/s1. The number of hydrogen-bond donors (Lipinski definition) is 3. The van der Waals surface area contributed by atoms with E-state index in [0.29, 0.717) is 17.3 Å². The summed E-state index contributed by atoms with van der Waals surface area (Å²) in [5.41, 5.74) is -0.350. The van der Waals surface area contributed by atoms with Gasteiger partial charge in [-0.25, -0.2) is 0 Å². The molecular weight excluding hydrogens is 446 g/mol. The third kappa shape index (κ3) is 3.31. The maximum absolute atomic E-state index is 13.7. The molecule has 0 fully saturated rings. The van der Waals surface area contributed by atoms with E-state index >= 15 is 0 Å². The maximum atomic E-state index is 13.7. The van der Waals surface area contributed by atoms with Crippen LogP contribution in [0.5, 0.6) is 17.2 Å². The Kier molecular flexibility index (Phi) is 5.33. The van der Waals surface area contributed by atoms with Gasteiger partial charge in [-0.05, 0) is 45.4 Å². The fourth-order valence-corrected chi connectivity index (χ4v) is 4.41. The zero-order valence-electron chi connectivity index (χ0n) is 18.5. The first kappa shape index (κ1) is 22.6. The third-order valence-electron chi connectivity index (χ3n) is 6.23. The Morgan fingerprint density at radius 1 is 1.12 bits per heavy atom. The number of hydrogen-bond acceptors (Lipinski definition) is 7. The van der Waals surface area contributed by atoms with Crippen LogP contribution in [0.4, 0.5) is 0 Å². The van der Waals surface area contributed by atoms with E-state index < -0.39 is 28.5 Å². The average molecular weight is 468 g/mol. The first-order valence-corrected chi connectivity index (χ1v) is 10.6. The van der Waals surface area contributed by atoms with E-state index in [4.69, 9.17) is 16.3 Å². The summed E-state index contributed by atoms with van der Waals surface area (Å²) < 4.78 is 5.76. The molecule has 1 heterocycles. The van der Waals surface area contributed by atoms with Crippen LogP contribution >= 0.6 is 11.6 Å². The molecular formula is C25H22ClNO6. The molecule has 1 aliphatic carbocycles. The van der Waals surface area contributed by atoms with Crippen molar-refractivity contribution >= 4 is 29.0 Å². The lowest BCUT2D eigenvalue weighted by molar-refractivity contribution is -0.123. The second kappa shape index (κ2) is 7.78. The van der Waals surface area contributed by atoms with Crippen LogP contribution in [0.15, 0.2) is 47.4 Å². The number of Topliss-reactive ketones (excluding diaryl/α,β-unsaturated/α-hetero) is 2. The molecule has 2 aromatic carbocycles. The van der Waals surface area contributed by atoms with Gasteiger partial charge in [0.05, 0.1) is 11.1 Å². The lowest BCUT2D eigenvalue weighted by atomic mass is 9.70. The van der Waals surface area contributed by atoms with Gasteiger partial charge in [0.15, 0.2) is 17.3 Å². The molecule has 7 nitrogen and oxygen atoms in total. The van der Waals surface area contributed by atoms with Crippen LogP contribution in [-0.2, 0) is 21.5 Å². The molecule has 3 N–H and O–H groups in total. The number of carbonyl (C=O) groups excluding carboxylic acids is 3. The summed E-state index contributed by atoms with van der Waals surface area (Å²) in [6.07, 6.45) is 1.19. The van der Waals surface area contributed by atoms with Crippen molar-refractivity contribution in [3.05, 3.63) is 74.6 Å². The zero-order valence-corrected chi connectivity index (χ0v) is 19.3. The van der Waals surface area contributed by atoms with Crippen molar-refractivity contribution in [2.45, 2.75) is 39.7 Å². The highest BCUT2D eigenvalue weighted by Gasteiger charge is 2.56. The number of aromatic hydroxyl groups is 2. The van der Waals surface area contributed by atoms with Crippen molar-refractivity contribution in [1.82, 2.24) is 5.32 Å². The Bertz CT molecular complexity index is 1310. The van der Waals surface area contributed by atoms with Crippen LogP contribution in [0.2, 0.25) is 5.02 Å². The highest BCUT2D eigenvalue weighted by molar-refractivity contribution is 6.31. The van der Waals surface area contributed by atoms with E-state index in [1.165, 1.54) is 26.8 Å². The van der Waals surface area contributed by atoms with Gasteiger partial charge in [0.2, 0.25) is 0 Å². The van der Waals surface area contributed by atoms with Gasteiger partial charge in [-0.1, -0.05) is 23.7 Å². The summed E-state index contributed by atoms with van der Waals surface area (Å²) >= 11 is 5.91. The van der Waals surface area contributed by atoms with Crippen molar-refractivity contribution in [2.75, 3.05) is 0 Å². The van der Waals surface area contributed by atoms with E-state index in [0.717, 1.165) is 5.56 Å². The Balaban J connectivity index is 1.82. The van der Waals surface area contributed by atoms with Crippen LogP contribution in [0.1, 0.15) is 47.8 Å². The smallest absolute Gasteiger partial charge is 0.194 e. The van der Waals surface area contributed by atoms with Gasteiger partial charge in [-0.15, -0.1) is 0 Å². The molecule has 0 saturated carbocycles. The summed E-state index contributed by atoms with van der Waals surface area (Å²) in [7, 11) is 0. The van der Waals surface area contributed by atoms with E-state index in [9.17, 15) is 24.6 Å². The van der Waals surface area contributed by atoms with Gasteiger partial charge in [0, 0.05) is 28.9 Å². The molecule has 0 radical (unpaired) electrons. The number of benzene rings is 2. The van der Waals surface area contributed by atoms with Crippen LogP contribution in [-0.4, -0.2) is 27.6 Å². The largest absolute Gasteiger partial charge is 0.507 e. The zero-order chi connectivity index (χ0) is 24.2. The molecule has 0 saturated heterocycles. The number of allylic oxidation sites excluding steroid dienone is 4. The van der Waals surface area contributed by atoms with Crippen molar-refractivity contribution in [1.29, 1.82) is 0 Å². The fraction of sp³-hybridized carbons (Fsp3) is 0.240. The SMILES string of the molecule is CC(=O)c1c(O)c(C)c(O)c2c1OC1=CC(=O)/C(=C(/C)NCc3ccc(Cl)cc3)C(=O)[C@@]12C. The van der Waals surface area contributed by atoms with E-state index in [1.807, 2.05) is 12.1 Å². The number of nitrogens with one attached hydrogen (secondary N) is 1. The van der Waals surface area contributed by atoms with Gasteiger partial charge < -0.3 is 20.3 Å². The second-order valence-electron chi connectivity index (χ2n) is 8.37. The molecule has 0 bridgehead atoms. The Hall–Kier alpha value is -3.58. The lowest BCUT2D eigenvalue weighted by Crippen LogP contribution is -2.41. The fourth-order valence-electron chi connectivity index (χ4n) is 4.29. The number of rotatable bonds is 4. The highest BCUT2D eigenvalue weighted by atomic mass is 35.5. The molecule has 0 unspecified atom stereocenters. The number of halogens is 1. The molecule has 1 aliphatic heterocycles. The molecule has 4 rings (SSSR count). The van der Waals surface area contributed by atoms with Gasteiger partial charge in [-0.3, -0.25) is 14.4 Å². The molecule has 33 heavy (non-hydrogen) atoms. The molecule has 2 aliphatic rings. The minimum absolute atomic E-state index is 0.00421. The van der Waals surface area contributed by atoms with Gasteiger partial charge in [-0.2, -0.15) is 0 Å². The van der Waals surface area contributed by atoms with Crippen molar-refractivity contribution in [3.8, 4) is 17.2 Å². The van der Waals surface area contributed by atoms with Crippen molar-refractivity contribution < 1.29 is 29.3 Å². The Morgan fingerprint density at radius 3 is 2.36 bits per heavy atom. The topological polar surface area (TPSA) is 113 Å². The van der Waals surface area contributed by atoms with Gasteiger partial charge >= 0.3 is 0 Å². The molecule has 2 aromatic rings. The number of phenolic OH excluding ortho intramolecular Hbond substituents is 2. The lowest BCUT2D eigenvalue weighted by Gasteiger charge is -2.29. The summed E-state index contributed by atoms with van der Waals surface area (Å²) in [4.78, 5) is 38.9. The average Bonchev–Trinajstić information content (AvgIpc) is 3.04. The van der Waals surface area contributed by atoms with E-state index in [2.05, 4.69) is 5.32 Å². The predicted octanol–water partition coefficient (Wildman–Crippen LogP) is 4.01. The summed E-state index contributed by atoms with van der Waals surface area (Å²) in [6.45, 7) is 6.21. The van der Waals surface area contributed by atoms with Crippen LogP contribution in [0, 0.1) is 6.92 Å². The predicted molar refractivity (Wildman–Crippen MR) is 122 cm³/mol. The first-order chi connectivity index (χ1) is 15.5. The van der Waals surface area contributed by atoms with Crippen molar-refractivity contribution in [3.63, 3.8) is 0 Å². The quantitative estimate of drug-likeness (QED) is 0.353. The Labute approximate surface area is 195 Å². The molecule has 170 valence electrons. The summed E-state index contributed by atoms with van der Waals surface area (Å²) in [6, 6.07) is 7.14. The number of carbonyl (C=O) groups is 3. The molecule has 8 heteroatoms. The van der Waals surface area contributed by atoms with Crippen LogP contribution in [0.3, 0.4) is 0 Å². The molecule has 0 aromatic heterocycles. The number of ketones is 3. The minimum atomic E-state index is -1.53. The third-order valence-corrected chi connectivity index (χ3v) is 6.48. The normalized spacial score (nSPS) is 20.6. The monoisotopic (exact) mass is 467 g/mol. The van der Waals surface area contributed by atoms with E-state index in [-0.39, 0.29) is 39.5 Å². The molecule has 0 spiro atoms. The maximum Gasteiger partial charge on any atom is 0.194 e. The van der Waals surface area contributed by atoms with Gasteiger partial charge in [0.1, 0.15) is 34.0 Å². The van der Waals surface area contributed by atoms with Crippen molar-refractivity contribution in [2.24, 2.45) is 0 Å². The summed E-state index contributed by atoms with van der Waals surface area (Å²) in [5.74, 6) is -2.49. The molecule has 0 amide bonds. The summed E-state index contributed by atoms with van der Waals surface area (Å²) in [5, 5.41) is 25.0.